The van der Waals surface area contributed by atoms with E-state index in [4.69, 9.17) is 12.2 Å². The number of hydrogen-bond donors (Lipinski definition) is 2. The van der Waals surface area contributed by atoms with Crippen molar-refractivity contribution >= 4 is 40.3 Å². The summed E-state index contributed by atoms with van der Waals surface area (Å²) in [5.74, 6) is -0.192. The third-order valence-corrected chi connectivity index (χ3v) is 7.15. The highest BCUT2D eigenvalue weighted by molar-refractivity contribution is 7.80. The number of amides is 1. The summed E-state index contributed by atoms with van der Waals surface area (Å²) >= 11 is 7.02. The van der Waals surface area contributed by atoms with E-state index in [2.05, 4.69) is 27.4 Å². The lowest BCUT2D eigenvalue weighted by molar-refractivity contribution is 0.102. The van der Waals surface area contributed by atoms with Crippen molar-refractivity contribution in [1.82, 2.24) is 15.2 Å². The maximum atomic E-state index is 13.3. The number of carbonyl (C=O) groups is 1. The second-order valence-electron chi connectivity index (χ2n) is 8.07. The van der Waals surface area contributed by atoms with Gasteiger partial charge in [0.2, 0.25) is 0 Å². The highest BCUT2D eigenvalue weighted by atomic mass is 32.1. The molecule has 0 saturated carbocycles. The van der Waals surface area contributed by atoms with Crippen molar-refractivity contribution in [1.29, 1.82) is 0 Å². The molecule has 8 heteroatoms. The molecule has 0 unspecified atom stereocenters. The van der Waals surface area contributed by atoms with E-state index in [0.29, 0.717) is 17.3 Å². The third-order valence-electron chi connectivity index (χ3n) is 5.74. The topological polar surface area (TPSA) is 57.3 Å². The number of piperidine rings is 1. The monoisotopic (exact) mass is 482 g/mol. The Kier molecular flexibility index (Phi) is 7.67. The summed E-state index contributed by atoms with van der Waals surface area (Å²) in [6.45, 7) is 4.81. The average molecular weight is 483 g/mol. The standard InChI is InChI=1S/C25H27FN4OS2/c1-2-13-27-25(32)30-14-11-18(12-15-30)24-29-22(16-33-24)23(31)28-21-6-4-3-5-20(21)17-7-9-19(26)10-8-17/h3-10,16,18H,2,11-15H2,1H3,(H,27,32)(H,28,31). The van der Waals surface area contributed by atoms with Gasteiger partial charge in [-0.3, -0.25) is 4.79 Å². The van der Waals surface area contributed by atoms with Crippen LogP contribution in [0.25, 0.3) is 11.1 Å². The summed E-state index contributed by atoms with van der Waals surface area (Å²) in [5.41, 5.74) is 2.77. The predicted molar refractivity (Wildman–Crippen MR) is 136 cm³/mol. The molecule has 4 rings (SSSR count). The van der Waals surface area contributed by atoms with Gasteiger partial charge in [0.05, 0.1) is 5.01 Å². The van der Waals surface area contributed by atoms with Gasteiger partial charge in [0, 0.05) is 42.2 Å². The van der Waals surface area contributed by atoms with E-state index in [-0.39, 0.29) is 11.7 Å². The maximum absolute atomic E-state index is 13.3. The number of carbonyl (C=O) groups excluding carboxylic acids is 1. The van der Waals surface area contributed by atoms with E-state index >= 15 is 0 Å². The van der Waals surface area contributed by atoms with Crippen LogP contribution in [0, 0.1) is 5.82 Å². The van der Waals surface area contributed by atoms with Gasteiger partial charge in [-0.05, 0) is 55.2 Å². The summed E-state index contributed by atoms with van der Waals surface area (Å²) < 4.78 is 13.3. The largest absolute Gasteiger partial charge is 0.363 e. The molecule has 1 amide bonds. The van der Waals surface area contributed by atoms with E-state index in [9.17, 15) is 9.18 Å². The molecule has 1 aromatic heterocycles. The maximum Gasteiger partial charge on any atom is 0.275 e. The van der Waals surface area contributed by atoms with E-state index in [0.717, 1.165) is 60.1 Å². The quantitative estimate of drug-likeness (QED) is 0.444. The molecule has 0 aliphatic carbocycles. The van der Waals surface area contributed by atoms with Crippen molar-refractivity contribution in [2.45, 2.75) is 32.1 Å². The number of thiazole rings is 1. The van der Waals surface area contributed by atoms with Gasteiger partial charge in [0.15, 0.2) is 5.11 Å². The van der Waals surface area contributed by atoms with Crippen molar-refractivity contribution in [3.63, 3.8) is 0 Å². The lowest BCUT2D eigenvalue weighted by Gasteiger charge is -2.33. The van der Waals surface area contributed by atoms with Gasteiger partial charge in [-0.1, -0.05) is 37.3 Å². The fourth-order valence-corrected chi connectivity index (χ4v) is 5.17. The molecule has 1 aliphatic heterocycles. The Morgan fingerprint density at radius 3 is 2.64 bits per heavy atom. The predicted octanol–water partition coefficient (Wildman–Crippen LogP) is 5.67. The van der Waals surface area contributed by atoms with Crippen LogP contribution in [-0.4, -0.2) is 40.5 Å². The fraction of sp³-hybridized carbons (Fsp3) is 0.320. The Morgan fingerprint density at radius 1 is 1.18 bits per heavy atom. The Balaban J connectivity index is 1.40. The number of hydrogen-bond acceptors (Lipinski definition) is 4. The molecule has 33 heavy (non-hydrogen) atoms. The van der Waals surface area contributed by atoms with E-state index < -0.39 is 0 Å². The molecule has 0 spiro atoms. The summed E-state index contributed by atoms with van der Waals surface area (Å²) in [5, 5.41) is 9.92. The Hall–Kier alpha value is -2.84. The smallest absolute Gasteiger partial charge is 0.275 e. The van der Waals surface area contributed by atoms with E-state index in [1.54, 1.807) is 23.5 Å². The van der Waals surface area contributed by atoms with Crippen LogP contribution in [0.1, 0.15) is 47.6 Å². The van der Waals surface area contributed by atoms with Crippen molar-refractivity contribution in [3.05, 3.63) is 70.4 Å². The first kappa shape index (κ1) is 23.3. The second kappa shape index (κ2) is 10.9. The van der Waals surface area contributed by atoms with Gasteiger partial charge >= 0.3 is 0 Å². The molecular formula is C25H27FN4OS2. The second-order valence-corrected chi connectivity index (χ2v) is 9.35. The number of anilines is 1. The Labute approximate surface area is 203 Å². The number of nitrogens with one attached hydrogen (secondary N) is 2. The summed E-state index contributed by atoms with van der Waals surface area (Å²) in [4.78, 5) is 19.8. The summed E-state index contributed by atoms with van der Waals surface area (Å²) in [7, 11) is 0. The lowest BCUT2D eigenvalue weighted by Crippen LogP contribution is -2.44. The third kappa shape index (κ3) is 5.75. The van der Waals surface area contributed by atoms with Gasteiger partial charge in [-0.25, -0.2) is 9.37 Å². The number of benzene rings is 2. The first-order chi connectivity index (χ1) is 16.0. The number of para-hydroxylation sites is 1. The van der Waals surface area contributed by atoms with Gasteiger partial charge in [-0.2, -0.15) is 0 Å². The van der Waals surface area contributed by atoms with Crippen LogP contribution in [0.5, 0.6) is 0 Å². The molecule has 0 radical (unpaired) electrons. The van der Waals surface area contributed by atoms with Crippen molar-refractivity contribution < 1.29 is 9.18 Å². The number of halogens is 1. The minimum Gasteiger partial charge on any atom is -0.363 e. The van der Waals surface area contributed by atoms with Gasteiger partial charge < -0.3 is 15.5 Å². The minimum atomic E-state index is -0.292. The van der Waals surface area contributed by atoms with Crippen LogP contribution in [0.15, 0.2) is 53.9 Å². The summed E-state index contributed by atoms with van der Waals surface area (Å²) in [6.07, 6.45) is 2.99. The number of thiocarbonyl (C=S) groups is 1. The molecule has 2 N–H and O–H groups in total. The molecule has 1 aliphatic rings. The molecule has 0 atom stereocenters. The van der Waals surface area contributed by atoms with Gasteiger partial charge in [-0.15, -0.1) is 11.3 Å². The first-order valence-electron chi connectivity index (χ1n) is 11.2. The number of likely N-dealkylation sites (tertiary alicyclic amines) is 1. The number of rotatable bonds is 6. The molecule has 1 saturated heterocycles. The van der Waals surface area contributed by atoms with E-state index in [1.165, 1.54) is 12.1 Å². The van der Waals surface area contributed by atoms with Crippen molar-refractivity contribution in [3.8, 4) is 11.1 Å². The van der Waals surface area contributed by atoms with Crippen molar-refractivity contribution in [2.75, 3.05) is 25.0 Å². The van der Waals surface area contributed by atoms with Gasteiger partial charge in [0.25, 0.3) is 5.91 Å². The minimum absolute atomic E-state index is 0.241. The van der Waals surface area contributed by atoms with Gasteiger partial charge in [0.1, 0.15) is 11.5 Å². The van der Waals surface area contributed by atoms with Crippen molar-refractivity contribution in [2.24, 2.45) is 0 Å². The van der Waals surface area contributed by atoms with Crippen LogP contribution >= 0.6 is 23.6 Å². The highest BCUT2D eigenvalue weighted by Crippen LogP contribution is 2.32. The zero-order chi connectivity index (χ0) is 23.2. The normalized spacial score (nSPS) is 14.2. The zero-order valence-corrected chi connectivity index (χ0v) is 20.1. The molecule has 172 valence electrons. The SMILES string of the molecule is CCCNC(=S)N1CCC(c2nc(C(=O)Nc3ccccc3-c3ccc(F)cc3)cs2)CC1. The molecular weight excluding hydrogens is 455 g/mol. The zero-order valence-electron chi connectivity index (χ0n) is 18.5. The Bertz CT molecular complexity index is 1110. The number of nitrogens with zero attached hydrogens (tertiary/aromatic N) is 2. The van der Waals surface area contributed by atoms with E-state index in [1.807, 2.05) is 29.6 Å². The number of aromatic nitrogens is 1. The summed E-state index contributed by atoms with van der Waals surface area (Å²) in [6, 6.07) is 13.7. The van der Waals surface area contributed by atoms with Crippen LogP contribution < -0.4 is 10.6 Å². The molecule has 2 heterocycles. The fourth-order valence-electron chi connectivity index (χ4n) is 3.91. The molecule has 3 aromatic rings. The van der Waals surface area contributed by atoms with Crippen LogP contribution in [0.3, 0.4) is 0 Å². The average Bonchev–Trinajstić information content (AvgIpc) is 3.34. The lowest BCUT2D eigenvalue weighted by atomic mass is 9.98. The molecule has 1 fully saturated rings. The molecule has 0 bridgehead atoms. The van der Waals surface area contributed by atoms with Crippen LogP contribution in [0.2, 0.25) is 0 Å². The molecule has 5 nitrogen and oxygen atoms in total. The first-order valence-corrected chi connectivity index (χ1v) is 12.5. The molecule has 2 aromatic carbocycles. The van der Waals surface area contributed by atoms with Crippen LogP contribution in [0.4, 0.5) is 10.1 Å². The van der Waals surface area contributed by atoms with Crippen LogP contribution in [-0.2, 0) is 0 Å². The highest BCUT2D eigenvalue weighted by Gasteiger charge is 2.25. The Morgan fingerprint density at radius 2 is 1.91 bits per heavy atom.